The van der Waals surface area contributed by atoms with E-state index in [1.807, 2.05) is 39.8 Å². The molecule has 3 rings (SSSR count). The molecule has 0 unspecified atom stereocenters. The summed E-state index contributed by atoms with van der Waals surface area (Å²) in [6.07, 6.45) is 6.75. The van der Waals surface area contributed by atoms with Gasteiger partial charge in [-0.1, -0.05) is 19.9 Å². The molecule has 1 saturated carbocycles. The topological polar surface area (TPSA) is 108 Å². The zero-order valence-corrected chi connectivity index (χ0v) is 21.9. The Morgan fingerprint density at radius 2 is 1.95 bits per heavy atom. The van der Waals surface area contributed by atoms with E-state index in [4.69, 9.17) is 5.41 Å². The molecule has 198 valence electrons. The highest BCUT2D eigenvalue weighted by molar-refractivity contribution is 5.81. The number of nitrogens with zero attached hydrogens (tertiary/aromatic N) is 3. The molecule has 37 heavy (non-hydrogen) atoms. The minimum atomic E-state index is -0.602. The van der Waals surface area contributed by atoms with Crippen molar-refractivity contribution >= 4 is 24.8 Å². The van der Waals surface area contributed by atoms with Crippen molar-refractivity contribution in [3.8, 4) is 11.3 Å². The number of rotatable bonds is 12. The summed E-state index contributed by atoms with van der Waals surface area (Å²) >= 11 is 0. The molecule has 0 bridgehead atoms. The first-order valence-corrected chi connectivity index (χ1v) is 12.6. The molecule has 1 fully saturated rings. The Hall–Kier alpha value is -3.62. The second kappa shape index (κ2) is 12.1. The van der Waals surface area contributed by atoms with Crippen molar-refractivity contribution < 1.29 is 18.8 Å². The Bertz CT molecular complexity index is 1200. The second-order valence-electron chi connectivity index (χ2n) is 10.6. The Kier molecular flexibility index (Phi) is 9.13. The zero-order valence-electron chi connectivity index (χ0n) is 21.9. The quantitative estimate of drug-likeness (QED) is 0.425. The first kappa shape index (κ1) is 28.0. The van der Waals surface area contributed by atoms with Gasteiger partial charge >= 0.3 is 0 Å². The molecule has 9 heteroatoms. The highest BCUT2D eigenvalue weighted by Crippen LogP contribution is 2.34. The lowest BCUT2D eigenvalue weighted by molar-refractivity contribution is -0.142. The van der Waals surface area contributed by atoms with Crippen LogP contribution in [0.3, 0.4) is 0 Å². The summed E-state index contributed by atoms with van der Waals surface area (Å²) in [5.41, 5.74) is 1.86. The Morgan fingerprint density at radius 3 is 2.54 bits per heavy atom. The van der Waals surface area contributed by atoms with Crippen molar-refractivity contribution in [3.63, 3.8) is 0 Å². The molecule has 8 nitrogen and oxygen atoms in total. The zero-order chi connectivity index (χ0) is 27.2. The average molecular weight is 510 g/mol. The number of hydrogen-bond donors (Lipinski definition) is 2. The van der Waals surface area contributed by atoms with Crippen LogP contribution in [-0.2, 0) is 14.4 Å². The van der Waals surface area contributed by atoms with Gasteiger partial charge in [0.05, 0.1) is 11.2 Å². The van der Waals surface area contributed by atoms with Crippen LogP contribution < -0.4 is 10.8 Å². The highest BCUT2D eigenvalue weighted by atomic mass is 19.1. The highest BCUT2D eigenvalue weighted by Gasteiger charge is 2.37. The monoisotopic (exact) mass is 509 g/mol. The minimum Gasteiger partial charge on any atom is -0.352 e. The molecule has 0 saturated heterocycles. The van der Waals surface area contributed by atoms with Crippen LogP contribution in [0.25, 0.3) is 17.5 Å². The van der Waals surface area contributed by atoms with Crippen LogP contribution in [-0.4, -0.2) is 51.9 Å². The number of benzene rings is 1. The normalized spacial score (nSPS) is 17.5. The number of amides is 2. The van der Waals surface area contributed by atoms with E-state index in [1.165, 1.54) is 16.8 Å². The van der Waals surface area contributed by atoms with E-state index >= 15 is 0 Å². The van der Waals surface area contributed by atoms with Crippen LogP contribution in [0, 0.1) is 23.1 Å². The molecule has 1 heterocycles. The Balaban J connectivity index is 1.79. The molecule has 0 spiro atoms. The summed E-state index contributed by atoms with van der Waals surface area (Å²) in [6.45, 7) is 8.48. The van der Waals surface area contributed by atoms with Crippen LogP contribution in [0.15, 0.2) is 36.4 Å². The van der Waals surface area contributed by atoms with Crippen LogP contribution in [0.4, 0.5) is 4.39 Å². The van der Waals surface area contributed by atoms with Crippen molar-refractivity contribution in [2.45, 2.75) is 58.4 Å². The third-order valence-corrected chi connectivity index (χ3v) is 6.65. The summed E-state index contributed by atoms with van der Waals surface area (Å²) in [5, 5.41) is 15.9. The molecule has 1 aromatic carbocycles. The van der Waals surface area contributed by atoms with Gasteiger partial charge in [-0.3, -0.25) is 15.0 Å². The maximum Gasteiger partial charge on any atom is 0.225 e. The molecule has 1 aliphatic carbocycles. The molecule has 2 aromatic rings. The summed E-state index contributed by atoms with van der Waals surface area (Å²) < 4.78 is 14.9. The van der Waals surface area contributed by atoms with E-state index in [-0.39, 0.29) is 35.0 Å². The molecule has 0 aliphatic heterocycles. The van der Waals surface area contributed by atoms with E-state index in [1.54, 1.807) is 23.2 Å². The summed E-state index contributed by atoms with van der Waals surface area (Å²) in [4.78, 5) is 36.9. The predicted octanol–water partition coefficient (Wildman–Crippen LogP) is 3.73. The number of nitrogens with one attached hydrogen (secondary N) is 2. The number of aldehydes is 1. The fraction of sp³-hybridized carbons (Fsp3) is 0.464. The molecular weight excluding hydrogens is 473 g/mol. The fourth-order valence-electron chi connectivity index (χ4n) is 4.44. The first-order valence-electron chi connectivity index (χ1n) is 12.6. The maximum atomic E-state index is 13.4. The van der Waals surface area contributed by atoms with E-state index < -0.39 is 5.54 Å². The minimum absolute atomic E-state index is 0.0142. The molecule has 1 aromatic heterocycles. The van der Waals surface area contributed by atoms with Crippen molar-refractivity contribution in [3.05, 3.63) is 53.3 Å². The van der Waals surface area contributed by atoms with Gasteiger partial charge in [0.1, 0.15) is 17.6 Å². The van der Waals surface area contributed by atoms with Gasteiger partial charge in [-0.15, -0.1) is 0 Å². The van der Waals surface area contributed by atoms with Crippen LogP contribution >= 0.6 is 0 Å². The van der Waals surface area contributed by atoms with Crippen molar-refractivity contribution in [2.24, 2.45) is 11.8 Å². The van der Waals surface area contributed by atoms with Gasteiger partial charge in [-0.25, -0.2) is 9.07 Å². The van der Waals surface area contributed by atoms with Crippen molar-refractivity contribution in [1.82, 2.24) is 20.0 Å². The number of carbonyl (C=O) groups excluding carboxylic acids is 3. The lowest BCUT2D eigenvalue weighted by Crippen LogP contribution is -2.53. The first-order chi connectivity index (χ1) is 17.5. The standard InChI is InChI=1S/C28H36FN5O3/c1-19(2)24-15-25(21-7-9-23(29)10-8-21)32-34(26(24)30)12-6-5-11-33(17-28(3,4)31-18-36)27(37)22-13-20(14-22)16-35/h6-10,12,15-16,18-20,22,30H,5,11,13-14,17H2,1-4H3,(H,31,36)/b12-6+,30-26?. The Labute approximate surface area is 217 Å². The number of aromatic nitrogens is 2. The van der Waals surface area contributed by atoms with Gasteiger partial charge in [-0.05, 0) is 69.4 Å². The summed E-state index contributed by atoms with van der Waals surface area (Å²) in [7, 11) is 0. The molecule has 0 atom stereocenters. The molecule has 2 amide bonds. The molecular formula is C28H36FN5O3. The molecule has 2 N–H and O–H groups in total. The molecule has 0 radical (unpaired) electrons. The second-order valence-corrected chi connectivity index (χ2v) is 10.6. The average Bonchev–Trinajstić information content (AvgIpc) is 2.81. The lowest BCUT2D eigenvalue weighted by atomic mass is 9.75. The van der Waals surface area contributed by atoms with Gasteiger partial charge in [-0.2, -0.15) is 5.10 Å². The SMILES string of the molecule is CC(C)c1cc(-c2ccc(F)cc2)nn(/C=C/CCN(CC(C)(C)NC=O)C(=O)C2CC(C=O)C2)c1=N. The number of halogens is 1. The largest absolute Gasteiger partial charge is 0.352 e. The lowest BCUT2D eigenvalue weighted by Gasteiger charge is -2.38. The van der Waals surface area contributed by atoms with Crippen molar-refractivity contribution in [2.75, 3.05) is 13.1 Å². The van der Waals surface area contributed by atoms with E-state index in [9.17, 15) is 18.8 Å². The van der Waals surface area contributed by atoms with Gasteiger partial charge in [0.2, 0.25) is 12.3 Å². The third kappa shape index (κ3) is 7.21. The van der Waals surface area contributed by atoms with Gasteiger partial charge in [0, 0.05) is 42.3 Å². The number of carbonyl (C=O) groups is 3. The van der Waals surface area contributed by atoms with Crippen LogP contribution in [0.5, 0.6) is 0 Å². The Morgan fingerprint density at radius 1 is 1.27 bits per heavy atom. The van der Waals surface area contributed by atoms with Gasteiger partial charge < -0.3 is 15.0 Å². The van der Waals surface area contributed by atoms with E-state index in [0.29, 0.717) is 44.5 Å². The van der Waals surface area contributed by atoms with Crippen LogP contribution in [0.2, 0.25) is 0 Å². The summed E-state index contributed by atoms with van der Waals surface area (Å²) in [6, 6.07) is 7.94. The van der Waals surface area contributed by atoms with Gasteiger partial charge in [0.15, 0.2) is 0 Å². The number of hydrogen-bond acceptors (Lipinski definition) is 5. The fourth-order valence-corrected chi connectivity index (χ4v) is 4.44. The van der Waals surface area contributed by atoms with E-state index in [0.717, 1.165) is 17.4 Å². The summed E-state index contributed by atoms with van der Waals surface area (Å²) in [5.74, 6) is -0.486. The smallest absolute Gasteiger partial charge is 0.225 e. The maximum absolute atomic E-state index is 13.4. The van der Waals surface area contributed by atoms with Crippen LogP contribution in [0.1, 0.15) is 58.4 Å². The van der Waals surface area contributed by atoms with Crippen molar-refractivity contribution in [1.29, 1.82) is 5.41 Å². The predicted molar refractivity (Wildman–Crippen MR) is 140 cm³/mol. The molecule has 1 aliphatic rings. The third-order valence-electron chi connectivity index (χ3n) is 6.65. The van der Waals surface area contributed by atoms with E-state index in [2.05, 4.69) is 10.4 Å². The van der Waals surface area contributed by atoms with Gasteiger partial charge in [0.25, 0.3) is 0 Å².